The smallest absolute Gasteiger partial charge is 0.333 e. The van der Waals surface area contributed by atoms with Gasteiger partial charge in [-0.15, -0.1) is 0 Å². The number of hydrogen-bond donors (Lipinski definition) is 0. The lowest BCUT2D eigenvalue weighted by molar-refractivity contribution is -0.150. The van der Waals surface area contributed by atoms with E-state index in [-0.39, 0.29) is 18.6 Å². The lowest BCUT2D eigenvalue weighted by Gasteiger charge is -2.18. The number of benzene rings is 1. The Hall–Kier alpha value is -1.91. The Morgan fingerprint density at radius 3 is 2.71 bits per heavy atom. The first-order valence-corrected chi connectivity index (χ1v) is 5.52. The van der Waals surface area contributed by atoms with Gasteiger partial charge in [0.1, 0.15) is 12.6 Å². The molecule has 1 aromatic rings. The molecule has 0 amide bonds. The van der Waals surface area contributed by atoms with Crippen LogP contribution in [-0.4, -0.2) is 30.1 Å². The van der Waals surface area contributed by atoms with E-state index in [1.807, 2.05) is 37.3 Å². The van der Waals surface area contributed by atoms with Crippen molar-refractivity contribution in [2.75, 3.05) is 7.05 Å². The van der Waals surface area contributed by atoms with Crippen molar-refractivity contribution in [2.45, 2.75) is 25.6 Å². The van der Waals surface area contributed by atoms with E-state index in [0.29, 0.717) is 0 Å². The van der Waals surface area contributed by atoms with E-state index in [1.54, 1.807) is 7.05 Å². The van der Waals surface area contributed by atoms with E-state index < -0.39 is 6.04 Å². The Morgan fingerprint density at radius 2 is 2.12 bits per heavy atom. The highest BCUT2D eigenvalue weighted by Gasteiger charge is 2.34. The van der Waals surface area contributed by atoms with Crippen molar-refractivity contribution in [3.63, 3.8) is 0 Å². The summed E-state index contributed by atoms with van der Waals surface area (Å²) in [6.45, 7) is 2.14. The lowest BCUT2D eigenvalue weighted by atomic mass is 10.1. The van der Waals surface area contributed by atoms with Gasteiger partial charge in [0.05, 0.1) is 0 Å². The highest BCUT2D eigenvalue weighted by molar-refractivity contribution is 5.76. The molecule has 5 nitrogen and oxygen atoms in total. The quantitative estimate of drug-likeness (QED) is 0.748. The van der Waals surface area contributed by atoms with Crippen LogP contribution in [0.3, 0.4) is 0 Å². The van der Waals surface area contributed by atoms with Gasteiger partial charge < -0.3 is 4.74 Å². The normalized spacial score (nSPS) is 22.8. The number of nitrogens with zero attached hydrogens (tertiary/aromatic N) is 3. The van der Waals surface area contributed by atoms with Crippen molar-refractivity contribution in [3.05, 3.63) is 35.9 Å². The summed E-state index contributed by atoms with van der Waals surface area (Å²) >= 11 is 0. The maximum Gasteiger partial charge on any atom is 0.333 e. The molecule has 2 atom stereocenters. The Morgan fingerprint density at radius 1 is 1.41 bits per heavy atom. The molecule has 0 spiro atoms. The monoisotopic (exact) mass is 233 g/mol. The van der Waals surface area contributed by atoms with Crippen LogP contribution in [-0.2, 0) is 16.1 Å². The fraction of sp³-hybridized carbons (Fsp3) is 0.417. The molecule has 1 heterocycles. The van der Waals surface area contributed by atoms with Crippen molar-refractivity contribution < 1.29 is 9.53 Å². The second-order valence-electron chi connectivity index (χ2n) is 4.06. The molecule has 0 radical (unpaired) electrons. The highest BCUT2D eigenvalue weighted by atomic mass is 16.5. The van der Waals surface area contributed by atoms with Gasteiger partial charge in [-0.1, -0.05) is 35.6 Å². The van der Waals surface area contributed by atoms with E-state index in [2.05, 4.69) is 10.3 Å². The minimum atomic E-state index is -0.404. The van der Waals surface area contributed by atoms with Crippen LogP contribution in [0.15, 0.2) is 40.7 Å². The van der Waals surface area contributed by atoms with Crippen LogP contribution in [0, 0.1) is 0 Å². The largest absolute Gasteiger partial charge is 0.459 e. The molecule has 5 heteroatoms. The van der Waals surface area contributed by atoms with Crippen LogP contribution in [0.4, 0.5) is 0 Å². The van der Waals surface area contributed by atoms with Gasteiger partial charge in [-0.05, 0) is 12.5 Å². The van der Waals surface area contributed by atoms with Crippen molar-refractivity contribution in [1.29, 1.82) is 0 Å². The predicted octanol–water partition coefficient (Wildman–Crippen LogP) is 1.80. The zero-order valence-corrected chi connectivity index (χ0v) is 9.91. The summed E-state index contributed by atoms with van der Waals surface area (Å²) < 4.78 is 5.25. The minimum absolute atomic E-state index is 0.150. The van der Waals surface area contributed by atoms with Crippen LogP contribution in [0.1, 0.15) is 12.5 Å². The molecule has 0 saturated heterocycles. The topological polar surface area (TPSA) is 54.3 Å². The van der Waals surface area contributed by atoms with Crippen LogP contribution in [0.25, 0.3) is 0 Å². The highest BCUT2D eigenvalue weighted by Crippen LogP contribution is 2.17. The van der Waals surface area contributed by atoms with E-state index in [9.17, 15) is 4.79 Å². The first-order valence-electron chi connectivity index (χ1n) is 5.52. The third-order valence-electron chi connectivity index (χ3n) is 2.70. The van der Waals surface area contributed by atoms with Gasteiger partial charge in [0.25, 0.3) is 0 Å². The van der Waals surface area contributed by atoms with Gasteiger partial charge in [-0.3, -0.25) is 5.01 Å². The summed E-state index contributed by atoms with van der Waals surface area (Å²) in [6, 6.07) is 9.04. The number of carbonyl (C=O) groups excluding carboxylic acids is 1. The van der Waals surface area contributed by atoms with Crippen molar-refractivity contribution in [2.24, 2.45) is 10.3 Å². The fourth-order valence-corrected chi connectivity index (χ4v) is 1.76. The summed E-state index contributed by atoms with van der Waals surface area (Å²) in [5.41, 5.74) is 0.975. The average Bonchev–Trinajstić information content (AvgIpc) is 2.67. The second-order valence-corrected chi connectivity index (χ2v) is 4.06. The Balaban J connectivity index is 1.90. The van der Waals surface area contributed by atoms with Gasteiger partial charge in [-0.25, -0.2) is 4.79 Å². The molecular formula is C12H15N3O2. The van der Waals surface area contributed by atoms with E-state index in [0.717, 1.165) is 5.56 Å². The molecule has 0 bridgehead atoms. The summed E-state index contributed by atoms with van der Waals surface area (Å²) in [5, 5.41) is 9.30. The lowest BCUT2D eigenvalue weighted by Crippen LogP contribution is -2.39. The maximum atomic E-state index is 11.9. The van der Waals surface area contributed by atoms with Gasteiger partial charge in [0.15, 0.2) is 6.04 Å². The molecule has 0 saturated carbocycles. The summed E-state index contributed by atoms with van der Waals surface area (Å²) in [7, 11) is 1.72. The van der Waals surface area contributed by atoms with Crippen LogP contribution in [0.5, 0.6) is 0 Å². The van der Waals surface area contributed by atoms with E-state index >= 15 is 0 Å². The molecule has 1 aliphatic heterocycles. The van der Waals surface area contributed by atoms with Crippen molar-refractivity contribution in [3.8, 4) is 0 Å². The number of hydrogen-bond acceptors (Lipinski definition) is 5. The Labute approximate surface area is 100 Å². The number of likely N-dealkylation sites (N-methyl/N-ethyl adjacent to an activating group) is 1. The van der Waals surface area contributed by atoms with Gasteiger partial charge in [0.2, 0.25) is 0 Å². The number of ether oxygens (including phenoxy) is 1. The molecule has 1 aliphatic rings. The molecule has 90 valence electrons. The first kappa shape index (κ1) is 11.6. The predicted molar refractivity (Wildman–Crippen MR) is 62.1 cm³/mol. The van der Waals surface area contributed by atoms with Crippen molar-refractivity contribution in [1.82, 2.24) is 5.01 Å². The molecule has 1 aromatic carbocycles. The van der Waals surface area contributed by atoms with Gasteiger partial charge >= 0.3 is 5.97 Å². The molecule has 2 unspecified atom stereocenters. The summed E-state index contributed by atoms with van der Waals surface area (Å²) in [5.74, 6) is -0.283. The first-order chi connectivity index (χ1) is 8.18. The van der Waals surface area contributed by atoms with Gasteiger partial charge in [0, 0.05) is 7.05 Å². The van der Waals surface area contributed by atoms with Crippen LogP contribution < -0.4 is 0 Å². The standard InChI is InChI=1S/C12H15N3O2/c1-9-11(15(2)14-13-9)12(16)17-8-10-6-4-3-5-7-10/h3-7,9,11H,8H2,1-2H3. The molecule has 2 rings (SSSR count). The maximum absolute atomic E-state index is 11.9. The second kappa shape index (κ2) is 4.95. The number of rotatable bonds is 3. The average molecular weight is 233 g/mol. The van der Waals surface area contributed by atoms with Gasteiger partial charge in [-0.2, -0.15) is 5.11 Å². The minimum Gasteiger partial charge on any atom is -0.459 e. The third kappa shape index (κ3) is 2.61. The summed E-state index contributed by atoms with van der Waals surface area (Å²) in [6.07, 6.45) is 0. The van der Waals surface area contributed by atoms with E-state index in [4.69, 9.17) is 4.74 Å². The molecule has 0 N–H and O–H groups in total. The Bertz CT molecular complexity index is 407. The SMILES string of the molecule is CC1N=NN(C)C1C(=O)OCc1ccccc1. The molecule has 0 fully saturated rings. The molecule has 0 aliphatic carbocycles. The number of esters is 1. The van der Waals surface area contributed by atoms with Crippen molar-refractivity contribution >= 4 is 5.97 Å². The van der Waals surface area contributed by atoms with Crippen LogP contribution >= 0.6 is 0 Å². The van der Waals surface area contributed by atoms with Crippen LogP contribution in [0.2, 0.25) is 0 Å². The molecular weight excluding hydrogens is 218 g/mol. The fourth-order valence-electron chi connectivity index (χ4n) is 1.76. The molecule has 0 aromatic heterocycles. The van der Waals surface area contributed by atoms with E-state index in [1.165, 1.54) is 5.01 Å². The number of carbonyl (C=O) groups is 1. The zero-order chi connectivity index (χ0) is 12.3. The Kier molecular flexibility index (Phi) is 3.37. The third-order valence-corrected chi connectivity index (χ3v) is 2.70. The zero-order valence-electron chi connectivity index (χ0n) is 9.91. The molecule has 17 heavy (non-hydrogen) atoms. The summed E-state index contributed by atoms with van der Waals surface area (Å²) in [4.78, 5) is 11.9.